The average Bonchev–Trinajstić information content (AvgIpc) is 3.01. The number of amides is 1. The van der Waals surface area contributed by atoms with Crippen molar-refractivity contribution in [1.82, 2.24) is 10.3 Å². The number of nitrogen functional groups attached to an aromatic ring is 1. The van der Waals surface area contributed by atoms with Crippen LogP contribution in [0, 0.1) is 0 Å². The summed E-state index contributed by atoms with van der Waals surface area (Å²) in [4.78, 5) is 15.1. The second-order valence-corrected chi connectivity index (χ2v) is 6.72. The molecular weight excluding hydrogens is 350 g/mol. The van der Waals surface area contributed by atoms with Gasteiger partial charge in [0.2, 0.25) is 0 Å². The van der Waals surface area contributed by atoms with Gasteiger partial charge in [-0.2, -0.15) is 0 Å². The molecule has 2 rings (SSSR count). The minimum atomic E-state index is -0.289. The third-order valence-electron chi connectivity index (χ3n) is 3.48. The standard InChI is InChI=1S/C15H18BrN3OS/c1-10(14-4-3-7-21-14)19(2)9-12-6-5-11(8-13(12)16)15(20)18-17/h3-8,10H,9,17H2,1-2H3,(H,18,20). The van der Waals surface area contributed by atoms with Crippen LogP contribution in [0.25, 0.3) is 0 Å². The number of hydrogen-bond donors (Lipinski definition) is 2. The topological polar surface area (TPSA) is 58.4 Å². The van der Waals surface area contributed by atoms with Crippen molar-refractivity contribution < 1.29 is 4.79 Å². The molecule has 0 saturated heterocycles. The number of benzene rings is 1. The van der Waals surface area contributed by atoms with Gasteiger partial charge in [-0.3, -0.25) is 15.1 Å². The quantitative estimate of drug-likeness (QED) is 0.484. The molecule has 1 aromatic carbocycles. The molecule has 4 nitrogen and oxygen atoms in total. The molecule has 1 aromatic heterocycles. The number of nitrogens with one attached hydrogen (secondary N) is 1. The highest BCUT2D eigenvalue weighted by Crippen LogP contribution is 2.27. The molecule has 6 heteroatoms. The van der Waals surface area contributed by atoms with E-state index in [9.17, 15) is 4.79 Å². The van der Waals surface area contributed by atoms with Gasteiger partial charge in [0.05, 0.1) is 0 Å². The highest BCUT2D eigenvalue weighted by molar-refractivity contribution is 9.10. The molecule has 1 heterocycles. The van der Waals surface area contributed by atoms with E-state index in [0.717, 1.165) is 16.6 Å². The van der Waals surface area contributed by atoms with Crippen molar-refractivity contribution in [1.29, 1.82) is 0 Å². The Hall–Kier alpha value is -1.21. The molecule has 0 bridgehead atoms. The van der Waals surface area contributed by atoms with E-state index >= 15 is 0 Å². The van der Waals surface area contributed by atoms with E-state index in [1.807, 2.05) is 6.07 Å². The summed E-state index contributed by atoms with van der Waals surface area (Å²) in [5.41, 5.74) is 3.81. The molecule has 0 fully saturated rings. The van der Waals surface area contributed by atoms with E-state index in [2.05, 4.69) is 57.7 Å². The van der Waals surface area contributed by atoms with Crippen LogP contribution in [-0.4, -0.2) is 17.9 Å². The third kappa shape index (κ3) is 3.91. The third-order valence-corrected chi connectivity index (χ3v) is 5.26. The van der Waals surface area contributed by atoms with Crippen molar-refractivity contribution in [2.45, 2.75) is 19.5 Å². The SMILES string of the molecule is CC(c1cccs1)N(C)Cc1ccc(C(=O)NN)cc1Br. The predicted molar refractivity (Wildman–Crippen MR) is 90.0 cm³/mol. The molecule has 2 aromatic rings. The zero-order valence-electron chi connectivity index (χ0n) is 12.0. The van der Waals surface area contributed by atoms with Crippen LogP contribution in [0.4, 0.5) is 0 Å². The minimum Gasteiger partial charge on any atom is -0.295 e. The lowest BCUT2D eigenvalue weighted by Crippen LogP contribution is -2.30. The number of halogens is 1. The first-order chi connectivity index (χ1) is 10.0. The van der Waals surface area contributed by atoms with Crippen LogP contribution in [0.3, 0.4) is 0 Å². The molecule has 0 aliphatic heterocycles. The second-order valence-electron chi connectivity index (χ2n) is 4.89. The van der Waals surface area contributed by atoms with E-state index in [1.54, 1.807) is 23.5 Å². The number of nitrogens with two attached hydrogens (primary N) is 1. The fourth-order valence-electron chi connectivity index (χ4n) is 2.05. The molecule has 0 aliphatic carbocycles. The maximum atomic E-state index is 11.5. The number of nitrogens with zero attached hydrogens (tertiary/aromatic N) is 1. The van der Waals surface area contributed by atoms with Gasteiger partial charge in [0.1, 0.15) is 0 Å². The lowest BCUT2D eigenvalue weighted by Gasteiger charge is -2.24. The Kier molecular flexibility index (Phi) is 5.52. The minimum absolute atomic E-state index is 0.289. The zero-order valence-corrected chi connectivity index (χ0v) is 14.4. The first-order valence-corrected chi connectivity index (χ1v) is 8.23. The van der Waals surface area contributed by atoms with Crippen molar-refractivity contribution >= 4 is 33.2 Å². The van der Waals surface area contributed by atoms with Crippen molar-refractivity contribution in [3.63, 3.8) is 0 Å². The van der Waals surface area contributed by atoms with Crippen LogP contribution in [0.1, 0.15) is 33.8 Å². The zero-order chi connectivity index (χ0) is 15.4. The summed E-state index contributed by atoms with van der Waals surface area (Å²) in [6.07, 6.45) is 0. The van der Waals surface area contributed by atoms with Gasteiger partial charge in [-0.1, -0.05) is 28.1 Å². The largest absolute Gasteiger partial charge is 0.295 e. The van der Waals surface area contributed by atoms with Crippen LogP contribution >= 0.6 is 27.3 Å². The molecule has 21 heavy (non-hydrogen) atoms. The van der Waals surface area contributed by atoms with Crippen LogP contribution in [0.5, 0.6) is 0 Å². The van der Waals surface area contributed by atoms with Crippen molar-refractivity contribution in [3.05, 3.63) is 56.2 Å². The second kappa shape index (κ2) is 7.17. The fraction of sp³-hybridized carbons (Fsp3) is 0.267. The number of rotatable bonds is 5. The molecule has 0 saturated carbocycles. The first kappa shape index (κ1) is 16.2. The van der Waals surface area contributed by atoms with Crippen LogP contribution in [-0.2, 0) is 6.54 Å². The summed E-state index contributed by atoms with van der Waals surface area (Å²) in [5.74, 6) is 4.86. The normalized spacial score (nSPS) is 12.4. The number of carbonyl (C=O) groups excluding carboxylic acids is 1. The highest BCUT2D eigenvalue weighted by Gasteiger charge is 2.15. The Morgan fingerprint density at radius 3 is 2.81 bits per heavy atom. The Bertz CT molecular complexity index is 615. The van der Waals surface area contributed by atoms with Crippen molar-refractivity contribution in [2.24, 2.45) is 5.84 Å². The highest BCUT2D eigenvalue weighted by atomic mass is 79.9. The van der Waals surface area contributed by atoms with Gasteiger partial charge in [0, 0.05) is 27.5 Å². The summed E-state index contributed by atoms with van der Waals surface area (Å²) >= 11 is 5.29. The molecule has 3 N–H and O–H groups in total. The molecule has 112 valence electrons. The molecule has 0 aliphatic rings. The van der Waals surface area contributed by atoms with Gasteiger partial charge in [0.25, 0.3) is 5.91 Å². The maximum absolute atomic E-state index is 11.5. The van der Waals surface area contributed by atoms with E-state index < -0.39 is 0 Å². The molecule has 1 atom stereocenters. The summed E-state index contributed by atoms with van der Waals surface area (Å²) in [5, 5.41) is 2.09. The molecule has 1 unspecified atom stereocenters. The Balaban J connectivity index is 2.11. The Labute approximate surface area is 137 Å². The summed E-state index contributed by atoms with van der Waals surface area (Å²) in [6.45, 7) is 2.99. The number of carbonyl (C=O) groups is 1. The molecular formula is C15H18BrN3OS. The smallest absolute Gasteiger partial charge is 0.265 e. The van der Waals surface area contributed by atoms with Gasteiger partial charge in [-0.05, 0) is 43.1 Å². The van der Waals surface area contributed by atoms with Crippen molar-refractivity contribution in [2.75, 3.05) is 7.05 Å². The summed E-state index contributed by atoms with van der Waals surface area (Å²) in [7, 11) is 2.09. The van der Waals surface area contributed by atoms with Gasteiger partial charge in [0.15, 0.2) is 0 Å². The lowest BCUT2D eigenvalue weighted by atomic mass is 10.1. The number of hydrazine groups is 1. The van der Waals surface area contributed by atoms with Crippen molar-refractivity contribution in [3.8, 4) is 0 Å². The summed E-state index contributed by atoms with van der Waals surface area (Å²) in [6, 6.07) is 10.1. The van der Waals surface area contributed by atoms with Gasteiger partial charge in [-0.25, -0.2) is 5.84 Å². The molecule has 0 spiro atoms. The van der Waals surface area contributed by atoms with E-state index in [-0.39, 0.29) is 5.91 Å². The van der Waals surface area contributed by atoms with E-state index in [1.165, 1.54) is 4.88 Å². The van der Waals surface area contributed by atoms with Crippen LogP contribution in [0.2, 0.25) is 0 Å². The Morgan fingerprint density at radius 1 is 1.48 bits per heavy atom. The van der Waals surface area contributed by atoms with Crippen LogP contribution < -0.4 is 11.3 Å². The Morgan fingerprint density at radius 2 is 2.24 bits per heavy atom. The van der Waals surface area contributed by atoms with E-state index in [4.69, 9.17) is 5.84 Å². The molecule has 0 radical (unpaired) electrons. The van der Waals surface area contributed by atoms with Crippen LogP contribution in [0.15, 0.2) is 40.2 Å². The number of hydrogen-bond acceptors (Lipinski definition) is 4. The monoisotopic (exact) mass is 367 g/mol. The van der Waals surface area contributed by atoms with Gasteiger partial charge >= 0.3 is 0 Å². The lowest BCUT2D eigenvalue weighted by molar-refractivity contribution is 0.0953. The number of thiophene rings is 1. The average molecular weight is 368 g/mol. The summed E-state index contributed by atoms with van der Waals surface area (Å²) < 4.78 is 0.911. The molecule has 1 amide bonds. The fourth-order valence-corrected chi connectivity index (χ4v) is 3.40. The van der Waals surface area contributed by atoms with Gasteiger partial charge in [-0.15, -0.1) is 11.3 Å². The van der Waals surface area contributed by atoms with E-state index in [0.29, 0.717) is 11.6 Å². The predicted octanol–water partition coefficient (Wildman–Crippen LogP) is 3.31. The maximum Gasteiger partial charge on any atom is 0.265 e. The first-order valence-electron chi connectivity index (χ1n) is 6.56. The van der Waals surface area contributed by atoms with Gasteiger partial charge < -0.3 is 0 Å².